The third kappa shape index (κ3) is 3.14. The summed E-state index contributed by atoms with van der Waals surface area (Å²) in [6, 6.07) is 24.4. The number of hydrogen-bond donors (Lipinski definition) is 0. The normalized spacial score (nSPS) is 24.6. The fourth-order valence-electron chi connectivity index (χ4n) is 5.35. The molecule has 3 aromatic carbocycles. The molecule has 4 atom stereocenters. The second-order valence-corrected chi connectivity index (χ2v) is 8.88. The summed E-state index contributed by atoms with van der Waals surface area (Å²) in [5.41, 5.74) is 1.26. The van der Waals surface area contributed by atoms with Gasteiger partial charge in [-0.05, 0) is 41.5 Å². The molecule has 0 spiro atoms. The first-order chi connectivity index (χ1) is 16.5. The molecule has 3 aromatic rings. The Hall–Kier alpha value is -3.88. The van der Waals surface area contributed by atoms with Gasteiger partial charge in [-0.1, -0.05) is 72.3 Å². The molecule has 34 heavy (non-hydrogen) atoms. The first-order valence-electron chi connectivity index (χ1n) is 10.9. The van der Waals surface area contributed by atoms with Gasteiger partial charge in [0.2, 0.25) is 0 Å². The van der Waals surface area contributed by atoms with Crippen LogP contribution in [0.1, 0.15) is 27.4 Å². The van der Waals surface area contributed by atoms with Crippen molar-refractivity contribution in [2.75, 3.05) is 12.0 Å². The Bertz CT molecular complexity index is 1330. The number of ketones is 1. The molecule has 0 saturated carbocycles. The molecule has 1 saturated heterocycles. The lowest BCUT2D eigenvalue weighted by molar-refractivity contribution is -0.150. The first-order valence-corrected chi connectivity index (χ1v) is 11.3. The monoisotopic (exact) mass is 468 g/mol. The van der Waals surface area contributed by atoms with Crippen LogP contribution in [0.4, 0.5) is 5.69 Å². The number of carbonyl (C=O) groups excluding carboxylic acids is 2. The average Bonchev–Trinajstić information content (AvgIpc) is 3.20. The van der Waals surface area contributed by atoms with Gasteiger partial charge in [0, 0.05) is 22.2 Å². The first kappa shape index (κ1) is 21.9. The Morgan fingerprint density at radius 2 is 1.68 bits per heavy atom. The molecule has 2 aliphatic heterocycles. The Morgan fingerprint density at radius 1 is 1.00 bits per heavy atom. The maximum atomic E-state index is 14.2. The number of ether oxygens (including phenoxy) is 1. The number of Topliss-reactive ketones (excluding diaryl/α,β-unsaturated/α-hetero) is 1. The fourth-order valence-corrected chi connectivity index (χ4v) is 5.48. The van der Waals surface area contributed by atoms with Crippen molar-refractivity contribution in [2.24, 2.45) is 5.41 Å². The lowest BCUT2D eigenvalue weighted by Gasteiger charge is -2.36. The Balaban J connectivity index is 1.81. The number of fused-ring (bicyclic) bond motifs is 3. The summed E-state index contributed by atoms with van der Waals surface area (Å²) in [6.45, 7) is 0. The van der Waals surface area contributed by atoms with Crippen molar-refractivity contribution >= 4 is 35.1 Å². The van der Waals surface area contributed by atoms with E-state index in [-0.39, 0.29) is 5.78 Å². The van der Waals surface area contributed by atoms with E-state index in [9.17, 15) is 14.9 Å². The predicted octanol–water partition coefficient (Wildman–Crippen LogP) is 5.27. The zero-order valence-electron chi connectivity index (χ0n) is 18.4. The van der Waals surface area contributed by atoms with Gasteiger partial charge in [-0.2, -0.15) is 5.26 Å². The lowest BCUT2D eigenvalue weighted by atomic mass is 9.68. The molecule has 2 aliphatic rings. The lowest BCUT2D eigenvalue weighted by Crippen LogP contribution is -2.46. The largest absolute Gasteiger partial charge is 0.468 e. The SMILES string of the molecule is COC(=O)[C@]1(C#N)[C@H](c2ccccc2)[C@H](C(=O)c2ccc(Cl)cc2)N2c3ccccc3C=C[C@H]21. The molecule has 6 heteroatoms. The predicted molar refractivity (Wildman–Crippen MR) is 131 cm³/mol. The number of methoxy groups -OCH3 is 1. The minimum atomic E-state index is -1.63. The van der Waals surface area contributed by atoms with E-state index in [1.165, 1.54) is 7.11 Å². The molecule has 168 valence electrons. The second-order valence-electron chi connectivity index (χ2n) is 8.45. The second kappa shape index (κ2) is 8.48. The Morgan fingerprint density at radius 3 is 2.35 bits per heavy atom. The zero-order valence-corrected chi connectivity index (χ0v) is 19.1. The number of benzene rings is 3. The zero-order chi connectivity index (χ0) is 23.9. The summed E-state index contributed by atoms with van der Waals surface area (Å²) in [4.78, 5) is 29.5. The van der Waals surface area contributed by atoms with Crippen molar-refractivity contribution < 1.29 is 14.3 Å². The molecular formula is C28H21ClN2O3. The molecule has 1 fully saturated rings. The smallest absolute Gasteiger partial charge is 0.329 e. The van der Waals surface area contributed by atoms with Crippen molar-refractivity contribution in [3.05, 3.63) is 107 Å². The number of hydrogen-bond acceptors (Lipinski definition) is 5. The number of nitriles is 1. The summed E-state index contributed by atoms with van der Waals surface area (Å²) < 4.78 is 5.22. The highest BCUT2D eigenvalue weighted by atomic mass is 35.5. The van der Waals surface area contributed by atoms with Gasteiger partial charge in [0.1, 0.15) is 6.04 Å². The molecule has 0 unspecified atom stereocenters. The van der Waals surface area contributed by atoms with Crippen LogP contribution >= 0.6 is 11.6 Å². The number of anilines is 1. The van der Waals surface area contributed by atoms with Gasteiger partial charge in [0.15, 0.2) is 11.2 Å². The van der Waals surface area contributed by atoms with Crippen LogP contribution in [0.3, 0.4) is 0 Å². The van der Waals surface area contributed by atoms with Crippen LogP contribution in [-0.2, 0) is 9.53 Å². The minimum absolute atomic E-state index is 0.193. The van der Waals surface area contributed by atoms with Crippen LogP contribution in [0.25, 0.3) is 6.08 Å². The molecule has 0 radical (unpaired) electrons. The highest BCUT2D eigenvalue weighted by molar-refractivity contribution is 6.30. The van der Waals surface area contributed by atoms with Gasteiger partial charge < -0.3 is 9.64 Å². The van der Waals surface area contributed by atoms with Gasteiger partial charge in [0.25, 0.3) is 0 Å². The van der Waals surface area contributed by atoms with Gasteiger partial charge in [-0.3, -0.25) is 9.59 Å². The van der Waals surface area contributed by atoms with Gasteiger partial charge in [-0.25, -0.2) is 0 Å². The molecule has 5 nitrogen and oxygen atoms in total. The molecule has 0 aliphatic carbocycles. The molecule has 5 rings (SSSR count). The number of esters is 1. The van der Waals surface area contributed by atoms with Crippen molar-refractivity contribution in [3.8, 4) is 6.07 Å². The molecule has 0 bridgehead atoms. The van der Waals surface area contributed by atoms with Crippen LogP contribution < -0.4 is 4.90 Å². The molecular weight excluding hydrogens is 448 g/mol. The fraction of sp³-hybridized carbons (Fsp3) is 0.179. The number of halogens is 1. The number of para-hydroxylation sites is 1. The Kier molecular flexibility index (Phi) is 5.47. The van der Waals surface area contributed by atoms with Crippen LogP contribution in [0.2, 0.25) is 5.02 Å². The average molecular weight is 469 g/mol. The van der Waals surface area contributed by atoms with E-state index in [2.05, 4.69) is 6.07 Å². The summed E-state index contributed by atoms with van der Waals surface area (Å²) in [5, 5.41) is 11.1. The summed E-state index contributed by atoms with van der Waals surface area (Å²) in [6.07, 6.45) is 3.75. The van der Waals surface area contributed by atoms with Gasteiger partial charge >= 0.3 is 5.97 Å². The Labute approximate surface area is 202 Å². The van der Waals surface area contributed by atoms with Crippen LogP contribution in [0.15, 0.2) is 84.9 Å². The van der Waals surface area contributed by atoms with E-state index in [0.29, 0.717) is 10.6 Å². The standard InChI is InChI=1S/C28H21ClN2O3/c1-34-27(33)28(17-30)23-16-13-18-7-5-6-10-22(18)31(23)25(24(28)19-8-3-2-4-9-19)26(32)20-11-14-21(29)15-12-20/h2-16,23-25H,1H3/t23-,24+,25+,28-/m0/s1. The summed E-state index contributed by atoms with van der Waals surface area (Å²) in [7, 11) is 1.28. The summed E-state index contributed by atoms with van der Waals surface area (Å²) in [5.74, 6) is -1.62. The van der Waals surface area contributed by atoms with Crippen molar-refractivity contribution in [2.45, 2.75) is 18.0 Å². The summed E-state index contributed by atoms with van der Waals surface area (Å²) >= 11 is 6.07. The minimum Gasteiger partial charge on any atom is -0.468 e. The van der Waals surface area contributed by atoms with Gasteiger partial charge in [-0.15, -0.1) is 0 Å². The van der Waals surface area contributed by atoms with E-state index in [1.54, 1.807) is 24.3 Å². The molecule has 0 N–H and O–H groups in total. The maximum Gasteiger partial charge on any atom is 0.329 e. The van der Waals surface area contributed by atoms with Gasteiger partial charge in [0.05, 0.1) is 19.2 Å². The molecule has 2 heterocycles. The van der Waals surface area contributed by atoms with Crippen LogP contribution in [-0.4, -0.2) is 30.9 Å². The van der Waals surface area contributed by atoms with E-state index < -0.39 is 29.4 Å². The quantitative estimate of drug-likeness (QED) is 0.385. The van der Waals surface area contributed by atoms with Crippen molar-refractivity contribution in [1.82, 2.24) is 0 Å². The van der Waals surface area contributed by atoms with Crippen LogP contribution in [0, 0.1) is 16.7 Å². The molecule has 0 aromatic heterocycles. The number of nitrogens with zero attached hydrogens (tertiary/aromatic N) is 2. The topological polar surface area (TPSA) is 70.4 Å². The number of rotatable bonds is 4. The van der Waals surface area contributed by atoms with E-state index >= 15 is 0 Å². The van der Waals surface area contributed by atoms with E-state index in [4.69, 9.17) is 16.3 Å². The van der Waals surface area contributed by atoms with Crippen LogP contribution in [0.5, 0.6) is 0 Å². The highest BCUT2D eigenvalue weighted by Gasteiger charge is 2.67. The third-order valence-corrected chi connectivity index (χ3v) is 7.06. The van der Waals surface area contributed by atoms with E-state index in [1.807, 2.05) is 71.6 Å². The third-order valence-electron chi connectivity index (χ3n) is 6.81. The highest BCUT2D eigenvalue weighted by Crippen LogP contribution is 2.56. The molecule has 0 amide bonds. The van der Waals surface area contributed by atoms with Crippen molar-refractivity contribution in [1.29, 1.82) is 5.26 Å². The number of carbonyl (C=O) groups is 2. The maximum absolute atomic E-state index is 14.2. The van der Waals surface area contributed by atoms with Crippen molar-refractivity contribution in [3.63, 3.8) is 0 Å². The van der Waals surface area contributed by atoms with E-state index in [0.717, 1.165) is 16.8 Å².